The summed E-state index contributed by atoms with van der Waals surface area (Å²) >= 11 is 0. The van der Waals surface area contributed by atoms with E-state index >= 15 is 0 Å². The van der Waals surface area contributed by atoms with Gasteiger partial charge >= 0.3 is 6.30 Å². The summed E-state index contributed by atoms with van der Waals surface area (Å²) < 4.78 is 38.1. The zero-order valence-electron chi connectivity index (χ0n) is 8.24. The van der Waals surface area contributed by atoms with Crippen LogP contribution >= 0.6 is 0 Å². The topological polar surface area (TPSA) is 3.24 Å². The Balaban J connectivity index is 2.16. The summed E-state index contributed by atoms with van der Waals surface area (Å²) in [5, 5.41) is 0. The Hall–Kier alpha value is -0.250. The molecule has 0 bridgehead atoms. The summed E-state index contributed by atoms with van der Waals surface area (Å²) in [5.74, 6) is 0. The Morgan fingerprint density at radius 1 is 0.857 bits per heavy atom. The lowest BCUT2D eigenvalue weighted by Crippen LogP contribution is -2.52. The normalized spacial score (nSPS) is 28.5. The Kier molecular flexibility index (Phi) is 2.50. The summed E-state index contributed by atoms with van der Waals surface area (Å²) in [4.78, 5) is 0.805. The van der Waals surface area contributed by atoms with Crippen LogP contribution in [0.3, 0.4) is 0 Å². The van der Waals surface area contributed by atoms with Crippen LogP contribution in [0, 0.1) is 0 Å². The van der Waals surface area contributed by atoms with Crippen LogP contribution in [0.2, 0.25) is 0 Å². The van der Waals surface area contributed by atoms with E-state index in [-0.39, 0.29) is 6.54 Å². The average Bonchev–Trinajstić information content (AvgIpc) is 2.49. The van der Waals surface area contributed by atoms with Crippen LogP contribution in [-0.4, -0.2) is 23.3 Å². The average molecular weight is 207 g/mol. The number of alkyl halides is 3. The first-order chi connectivity index (χ1) is 6.55. The van der Waals surface area contributed by atoms with E-state index in [1.807, 2.05) is 0 Å². The highest BCUT2D eigenvalue weighted by atomic mass is 19.4. The molecular formula is C10H16F3N. The first-order valence-corrected chi connectivity index (χ1v) is 5.39. The van der Waals surface area contributed by atoms with Gasteiger partial charge in [-0.15, -0.1) is 0 Å². The fraction of sp³-hybridized carbons (Fsp3) is 1.00. The molecule has 1 aliphatic heterocycles. The number of halogens is 3. The molecule has 2 fully saturated rings. The second-order valence-corrected chi connectivity index (χ2v) is 4.51. The molecule has 1 saturated carbocycles. The molecule has 1 saturated heterocycles. The van der Waals surface area contributed by atoms with Crippen LogP contribution in [0.25, 0.3) is 0 Å². The summed E-state index contributed by atoms with van der Waals surface area (Å²) in [5.41, 5.74) is -0.517. The first kappa shape index (κ1) is 10.3. The molecule has 14 heavy (non-hydrogen) atoms. The lowest BCUT2D eigenvalue weighted by molar-refractivity contribution is -0.270. The van der Waals surface area contributed by atoms with Crippen molar-refractivity contribution in [2.24, 2.45) is 0 Å². The summed E-state index contributed by atoms with van der Waals surface area (Å²) in [7, 11) is 0. The van der Waals surface area contributed by atoms with Gasteiger partial charge in [-0.05, 0) is 25.7 Å². The van der Waals surface area contributed by atoms with Crippen molar-refractivity contribution < 1.29 is 13.2 Å². The third-order valence-electron chi connectivity index (χ3n) is 3.69. The van der Waals surface area contributed by atoms with Gasteiger partial charge in [-0.1, -0.05) is 19.3 Å². The quantitative estimate of drug-likeness (QED) is 0.551. The van der Waals surface area contributed by atoms with E-state index in [1.54, 1.807) is 0 Å². The van der Waals surface area contributed by atoms with Gasteiger partial charge in [0.15, 0.2) is 0 Å². The highest BCUT2D eigenvalue weighted by Crippen LogP contribution is 2.46. The van der Waals surface area contributed by atoms with Crippen LogP contribution in [0.4, 0.5) is 13.2 Å². The van der Waals surface area contributed by atoms with Crippen LogP contribution < -0.4 is 0 Å². The number of likely N-dealkylation sites (tertiary alicyclic amines) is 1. The molecule has 2 rings (SSSR count). The Labute approximate surface area is 82.3 Å². The molecule has 1 spiro atoms. The van der Waals surface area contributed by atoms with E-state index < -0.39 is 11.8 Å². The largest absolute Gasteiger partial charge is 0.460 e. The monoisotopic (exact) mass is 207 g/mol. The molecule has 0 amide bonds. The van der Waals surface area contributed by atoms with Crippen LogP contribution in [0.5, 0.6) is 0 Å². The van der Waals surface area contributed by atoms with Gasteiger partial charge in [0.25, 0.3) is 0 Å². The van der Waals surface area contributed by atoms with Gasteiger partial charge in [-0.25, -0.2) is 4.90 Å². The van der Waals surface area contributed by atoms with Crippen molar-refractivity contribution in [2.45, 2.75) is 56.8 Å². The molecule has 2 aliphatic rings. The predicted molar refractivity (Wildman–Crippen MR) is 47.8 cm³/mol. The lowest BCUT2D eigenvalue weighted by atomic mass is 9.80. The van der Waals surface area contributed by atoms with E-state index in [0.717, 1.165) is 43.4 Å². The molecule has 0 aromatic carbocycles. The standard InChI is InChI=1S/C10H16F3N/c11-10(12,13)14-8-4-7-9(14)5-2-1-3-6-9/h1-8H2. The summed E-state index contributed by atoms with van der Waals surface area (Å²) in [6.07, 6.45) is 1.85. The molecule has 82 valence electrons. The smallest absolute Gasteiger partial charge is 0.209 e. The lowest BCUT2D eigenvalue weighted by Gasteiger charge is -2.42. The molecule has 4 heteroatoms. The van der Waals surface area contributed by atoms with Gasteiger partial charge in [0.2, 0.25) is 0 Å². The Bertz CT molecular complexity index is 206. The van der Waals surface area contributed by atoms with Gasteiger partial charge in [0, 0.05) is 12.1 Å². The minimum Gasteiger partial charge on any atom is -0.209 e. The molecule has 0 aromatic rings. The maximum Gasteiger partial charge on any atom is 0.460 e. The molecular weight excluding hydrogens is 191 g/mol. The third-order valence-corrected chi connectivity index (χ3v) is 3.69. The van der Waals surface area contributed by atoms with E-state index in [0.29, 0.717) is 6.42 Å². The van der Waals surface area contributed by atoms with Crippen LogP contribution in [-0.2, 0) is 0 Å². The van der Waals surface area contributed by atoms with Crippen molar-refractivity contribution in [3.63, 3.8) is 0 Å². The Morgan fingerprint density at radius 2 is 1.43 bits per heavy atom. The number of nitrogens with zero attached hydrogens (tertiary/aromatic N) is 1. The maximum atomic E-state index is 12.7. The number of hydrogen-bond donors (Lipinski definition) is 0. The molecule has 0 N–H and O–H groups in total. The van der Waals surface area contributed by atoms with E-state index in [1.165, 1.54) is 0 Å². The second-order valence-electron chi connectivity index (χ2n) is 4.51. The minimum atomic E-state index is -4.12. The SMILES string of the molecule is FC(F)(F)N1CCCC12CCCCC2. The van der Waals surface area contributed by atoms with Crippen molar-refractivity contribution in [3.8, 4) is 0 Å². The fourth-order valence-corrected chi connectivity index (χ4v) is 3.06. The summed E-state index contributed by atoms with van der Waals surface area (Å²) in [6, 6.07) is 0. The third kappa shape index (κ3) is 1.64. The van der Waals surface area contributed by atoms with Gasteiger partial charge in [-0.2, -0.15) is 13.2 Å². The van der Waals surface area contributed by atoms with Gasteiger partial charge < -0.3 is 0 Å². The van der Waals surface area contributed by atoms with Crippen molar-refractivity contribution in [1.82, 2.24) is 4.90 Å². The fourth-order valence-electron chi connectivity index (χ4n) is 3.06. The number of hydrogen-bond acceptors (Lipinski definition) is 1. The molecule has 0 aromatic heterocycles. The van der Waals surface area contributed by atoms with Crippen molar-refractivity contribution in [2.75, 3.05) is 6.54 Å². The predicted octanol–water partition coefficient (Wildman–Crippen LogP) is 3.30. The van der Waals surface area contributed by atoms with E-state index in [2.05, 4.69) is 0 Å². The maximum absolute atomic E-state index is 12.7. The highest BCUT2D eigenvalue weighted by molar-refractivity contribution is 4.98. The van der Waals surface area contributed by atoms with Crippen molar-refractivity contribution in [1.29, 1.82) is 0 Å². The van der Waals surface area contributed by atoms with Crippen molar-refractivity contribution in [3.05, 3.63) is 0 Å². The van der Waals surface area contributed by atoms with Crippen LogP contribution in [0.15, 0.2) is 0 Å². The molecule has 1 heterocycles. The van der Waals surface area contributed by atoms with E-state index in [9.17, 15) is 13.2 Å². The number of rotatable bonds is 0. The van der Waals surface area contributed by atoms with E-state index in [4.69, 9.17) is 0 Å². The van der Waals surface area contributed by atoms with Crippen LogP contribution in [0.1, 0.15) is 44.9 Å². The summed E-state index contributed by atoms with van der Waals surface area (Å²) in [6.45, 7) is 0.212. The van der Waals surface area contributed by atoms with Gasteiger partial charge in [0.1, 0.15) is 0 Å². The van der Waals surface area contributed by atoms with Crippen molar-refractivity contribution >= 4 is 0 Å². The zero-order chi connectivity index (χ0) is 10.2. The molecule has 1 nitrogen and oxygen atoms in total. The minimum absolute atomic E-state index is 0.212. The van der Waals surface area contributed by atoms with Gasteiger partial charge in [-0.3, -0.25) is 0 Å². The zero-order valence-corrected chi connectivity index (χ0v) is 8.24. The second kappa shape index (κ2) is 3.40. The highest BCUT2D eigenvalue weighted by Gasteiger charge is 2.53. The van der Waals surface area contributed by atoms with Gasteiger partial charge in [0.05, 0.1) is 0 Å². The Morgan fingerprint density at radius 3 is 2.00 bits per heavy atom. The molecule has 0 atom stereocenters. The molecule has 0 unspecified atom stereocenters. The first-order valence-electron chi connectivity index (χ1n) is 5.39. The molecule has 1 aliphatic carbocycles. The molecule has 0 radical (unpaired) electrons.